The van der Waals surface area contributed by atoms with Crippen LogP contribution in [0.3, 0.4) is 0 Å². The van der Waals surface area contributed by atoms with Crippen molar-refractivity contribution < 1.29 is 10.2 Å². The molecule has 0 amide bonds. The van der Waals surface area contributed by atoms with Gasteiger partial charge in [0.1, 0.15) is 5.75 Å². The number of piperazine rings is 1. The molecule has 1 heterocycles. The molecule has 0 saturated carbocycles. The van der Waals surface area contributed by atoms with E-state index in [2.05, 4.69) is 26.1 Å². The summed E-state index contributed by atoms with van der Waals surface area (Å²) in [7, 11) is 0. The molecule has 2 rings (SSSR count). The number of aromatic hydroxyl groups is 1. The highest BCUT2D eigenvalue weighted by Crippen LogP contribution is 2.42. The Morgan fingerprint density at radius 1 is 1.35 bits per heavy atom. The van der Waals surface area contributed by atoms with Gasteiger partial charge in [-0.3, -0.25) is 4.90 Å². The van der Waals surface area contributed by atoms with Crippen LogP contribution in [0.25, 0.3) is 0 Å². The number of nitrogens with one attached hydrogen (secondary N) is 1. The molecule has 5 heteroatoms. The summed E-state index contributed by atoms with van der Waals surface area (Å²) >= 11 is 3.38. The summed E-state index contributed by atoms with van der Waals surface area (Å²) in [5.41, 5.74) is 0.567. The summed E-state index contributed by atoms with van der Waals surface area (Å²) in [4.78, 5) is 2.34. The van der Waals surface area contributed by atoms with E-state index in [0.29, 0.717) is 0 Å². The van der Waals surface area contributed by atoms with Gasteiger partial charge in [0, 0.05) is 54.3 Å². The zero-order chi connectivity index (χ0) is 14.8. The van der Waals surface area contributed by atoms with Crippen molar-refractivity contribution in [2.75, 3.05) is 32.8 Å². The van der Waals surface area contributed by atoms with Gasteiger partial charge in [-0.25, -0.2) is 0 Å². The second-order valence-corrected chi connectivity index (χ2v) is 6.95. The molecule has 0 aromatic heterocycles. The fourth-order valence-electron chi connectivity index (χ4n) is 2.89. The molecule has 20 heavy (non-hydrogen) atoms. The second kappa shape index (κ2) is 6.43. The molecule has 1 aliphatic heterocycles. The van der Waals surface area contributed by atoms with Crippen molar-refractivity contribution >= 4 is 15.9 Å². The molecule has 1 aliphatic rings. The summed E-state index contributed by atoms with van der Waals surface area (Å²) in [5.74, 6) is 0.282. The maximum atomic E-state index is 10.3. The van der Waals surface area contributed by atoms with Crippen LogP contribution in [-0.4, -0.2) is 47.9 Å². The van der Waals surface area contributed by atoms with Crippen molar-refractivity contribution in [2.45, 2.75) is 19.9 Å². The van der Waals surface area contributed by atoms with Crippen LogP contribution in [-0.2, 0) is 0 Å². The Kier molecular flexibility index (Phi) is 5.07. The van der Waals surface area contributed by atoms with Crippen LogP contribution in [0.5, 0.6) is 5.75 Å². The Morgan fingerprint density at radius 3 is 2.55 bits per heavy atom. The summed E-state index contributed by atoms with van der Waals surface area (Å²) in [6.45, 7) is 7.89. The monoisotopic (exact) mass is 342 g/mol. The van der Waals surface area contributed by atoms with Gasteiger partial charge >= 0.3 is 0 Å². The Morgan fingerprint density at radius 2 is 2.00 bits per heavy atom. The quantitative estimate of drug-likeness (QED) is 0.784. The molecule has 0 bridgehead atoms. The number of halogens is 1. The van der Waals surface area contributed by atoms with Crippen LogP contribution < -0.4 is 5.32 Å². The van der Waals surface area contributed by atoms with E-state index >= 15 is 0 Å². The summed E-state index contributed by atoms with van der Waals surface area (Å²) in [5, 5.41) is 23.4. The van der Waals surface area contributed by atoms with Gasteiger partial charge in [-0.1, -0.05) is 35.8 Å². The maximum absolute atomic E-state index is 10.3. The van der Waals surface area contributed by atoms with E-state index in [9.17, 15) is 10.2 Å². The lowest BCUT2D eigenvalue weighted by molar-refractivity contribution is 0.0293. The molecule has 0 radical (unpaired) electrons. The molecule has 112 valence electrons. The van der Waals surface area contributed by atoms with Crippen LogP contribution in [0.15, 0.2) is 22.7 Å². The standard InChI is InChI=1S/C15H23BrN2O2/c1-15(2,10-19)14(18-7-5-17-6-8-18)12-4-3-11(16)9-13(12)20/h3-4,9,14,17,19-20H,5-8,10H2,1-2H3/t14-/m0/s1. The van der Waals surface area contributed by atoms with E-state index in [1.807, 2.05) is 26.0 Å². The van der Waals surface area contributed by atoms with E-state index in [1.54, 1.807) is 6.07 Å². The molecule has 1 aromatic rings. The fraction of sp³-hybridized carbons (Fsp3) is 0.600. The van der Waals surface area contributed by atoms with Crippen molar-refractivity contribution in [2.24, 2.45) is 5.41 Å². The third-order valence-electron chi connectivity index (χ3n) is 3.95. The second-order valence-electron chi connectivity index (χ2n) is 6.04. The van der Waals surface area contributed by atoms with Gasteiger partial charge in [-0.15, -0.1) is 0 Å². The van der Waals surface area contributed by atoms with Crippen LogP contribution in [0.2, 0.25) is 0 Å². The minimum absolute atomic E-state index is 0.00250. The van der Waals surface area contributed by atoms with Crippen molar-refractivity contribution in [3.05, 3.63) is 28.2 Å². The van der Waals surface area contributed by atoms with Gasteiger partial charge in [0.25, 0.3) is 0 Å². The van der Waals surface area contributed by atoms with Crippen LogP contribution in [0, 0.1) is 5.41 Å². The molecule has 1 fully saturated rings. The SMILES string of the molecule is CC(C)(CO)[C@H](c1ccc(Br)cc1O)N1CCNCC1. The Hall–Kier alpha value is -0.620. The molecule has 4 nitrogen and oxygen atoms in total. The largest absolute Gasteiger partial charge is 0.508 e. The Bertz CT molecular complexity index is 459. The predicted molar refractivity (Wildman–Crippen MR) is 83.9 cm³/mol. The predicted octanol–water partition coefficient (Wildman–Crippen LogP) is 2.12. The maximum Gasteiger partial charge on any atom is 0.121 e. The number of aliphatic hydroxyl groups is 1. The zero-order valence-corrected chi connectivity index (χ0v) is 13.7. The molecule has 0 aliphatic carbocycles. The van der Waals surface area contributed by atoms with Crippen molar-refractivity contribution in [3.63, 3.8) is 0 Å². The summed E-state index contributed by atoms with van der Waals surface area (Å²) in [6, 6.07) is 5.61. The van der Waals surface area contributed by atoms with Crippen molar-refractivity contribution in [1.82, 2.24) is 10.2 Å². The highest BCUT2D eigenvalue weighted by atomic mass is 79.9. The number of nitrogens with zero attached hydrogens (tertiary/aromatic N) is 1. The van der Waals surface area contributed by atoms with Crippen molar-refractivity contribution in [3.8, 4) is 5.75 Å². The van der Waals surface area contributed by atoms with E-state index in [-0.39, 0.29) is 23.8 Å². The van der Waals surface area contributed by atoms with Crippen molar-refractivity contribution in [1.29, 1.82) is 0 Å². The molecule has 0 spiro atoms. The lowest BCUT2D eigenvalue weighted by atomic mass is 9.79. The highest BCUT2D eigenvalue weighted by Gasteiger charge is 2.37. The minimum atomic E-state index is -0.317. The first kappa shape index (κ1) is 15.8. The lowest BCUT2D eigenvalue weighted by Crippen LogP contribution is -2.49. The molecular weight excluding hydrogens is 320 g/mol. The number of hydrogen-bond acceptors (Lipinski definition) is 4. The number of aliphatic hydroxyl groups excluding tert-OH is 1. The topological polar surface area (TPSA) is 55.7 Å². The first-order valence-electron chi connectivity index (χ1n) is 7.00. The van der Waals surface area contributed by atoms with E-state index in [0.717, 1.165) is 36.2 Å². The molecule has 1 aromatic carbocycles. The van der Waals surface area contributed by atoms with Gasteiger partial charge in [0.15, 0.2) is 0 Å². The van der Waals surface area contributed by atoms with Gasteiger partial charge in [0.05, 0.1) is 0 Å². The van der Waals surface area contributed by atoms with Gasteiger partial charge < -0.3 is 15.5 Å². The van der Waals surface area contributed by atoms with Gasteiger partial charge in [-0.2, -0.15) is 0 Å². The van der Waals surface area contributed by atoms with E-state index < -0.39 is 0 Å². The lowest BCUT2D eigenvalue weighted by Gasteiger charge is -2.43. The van der Waals surface area contributed by atoms with Gasteiger partial charge in [-0.05, 0) is 12.1 Å². The third-order valence-corrected chi connectivity index (χ3v) is 4.44. The third kappa shape index (κ3) is 3.34. The van der Waals surface area contributed by atoms with Gasteiger partial charge in [0.2, 0.25) is 0 Å². The number of benzene rings is 1. The zero-order valence-electron chi connectivity index (χ0n) is 12.1. The number of phenols is 1. The Labute approximate surface area is 128 Å². The average molecular weight is 343 g/mol. The number of phenolic OH excluding ortho intramolecular Hbond substituents is 1. The molecule has 1 atom stereocenters. The normalized spacial score (nSPS) is 19.0. The molecule has 3 N–H and O–H groups in total. The smallest absolute Gasteiger partial charge is 0.121 e. The summed E-state index contributed by atoms with van der Waals surface area (Å²) < 4.78 is 0.861. The van der Waals surface area contributed by atoms with Crippen LogP contribution in [0.4, 0.5) is 0 Å². The first-order valence-corrected chi connectivity index (χ1v) is 7.79. The molecule has 1 saturated heterocycles. The molecule has 0 unspecified atom stereocenters. The van der Waals surface area contributed by atoms with E-state index in [4.69, 9.17) is 0 Å². The minimum Gasteiger partial charge on any atom is -0.508 e. The first-order chi connectivity index (χ1) is 9.45. The molecular formula is C15H23BrN2O2. The average Bonchev–Trinajstić information content (AvgIpc) is 2.43. The van der Waals surface area contributed by atoms with Crippen LogP contribution in [0.1, 0.15) is 25.5 Å². The highest BCUT2D eigenvalue weighted by molar-refractivity contribution is 9.10. The fourth-order valence-corrected chi connectivity index (χ4v) is 3.24. The number of hydrogen-bond donors (Lipinski definition) is 3. The number of rotatable bonds is 4. The van der Waals surface area contributed by atoms with E-state index in [1.165, 1.54) is 0 Å². The van der Waals surface area contributed by atoms with Crippen LogP contribution >= 0.6 is 15.9 Å². The summed E-state index contributed by atoms with van der Waals surface area (Å²) in [6.07, 6.45) is 0. The Balaban J connectivity index is 2.39.